The monoisotopic (exact) mass is 522 g/mol. The number of carbonyl (C=O) groups excluding carboxylic acids is 1. The van der Waals surface area contributed by atoms with Crippen LogP contribution in [-0.4, -0.2) is 46.1 Å². The number of aromatic hydroxyl groups is 1. The van der Waals surface area contributed by atoms with Gasteiger partial charge in [0, 0.05) is 36.0 Å². The Balaban J connectivity index is 1.39. The van der Waals surface area contributed by atoms with Crippen molar-refractivity contribution in [3.63, 3.8) is 0 Å². The van der Waals surface area contributed by atoms with Gasteiger partial charge in [-0.2, -0.15) is 5.10 Å². The van der Waals surface area contributed by atoms with Gasteiger partial charge >= 0.3 is 0 Å². The van der Waals surface area contributed by atoms with Crippen molar-refractivity contribution in [1.82, 2.24) is 35.1 Å². The quantitative estimate of drug-likeness (QED) is 0.227. The molecule has 6 rings (SSSR count). The molecule has 6 aromatic rings. The smallest absolute Gasteiger partial charge is 0.224 e. The Hall–Kier alpha value is -5.19. The van der Waals surface area contributed by atoms with Crippen LogP contribution in [0.25, 0.3) is 56.1 Å². The Morgan fingerprint density at radius 2 is 1.95 bits per heavy atom. The molecule has 194 valence electrons. The third-order valence-electron chi connectivity index (χ3n) is 6.13. The zero-order valence-corrected chi connectivity index (χ0v) is 21.0. The normalized spacial score (nSPS) is 11.5. The molecule has 4 N–H and O–H groups in total. The molecule has 11 heteroatoms. The summed E-state index contributed by atoms with van der Waals surface area (Å²) >= 11 is 0. The molecule has 5 aromatic heterocycles. The highest BCUT2D eigenvalue weighted by atomic mass is 19.1. The van der Waals surface area contributed by atoms with Crippen molar-refractivity contribution in [3.05, 3.63) is 66.9 Å². The van der Waals surface area contributed by atoms with Gasteiger partial charge in [0.15, 0.2) is 17.2 Å². The van der Waals surface area contributed by atoms with Crippen molar-refractivity contribution < 1.29 is 14.3 Å². The Labute approximate surface area is 221 Å². The third-order valence-corrected chi connectivity index (χ3v) is 6.13. The molecule has 0 aliphatic rings. The van der Waals surface area contributed by atoms with E-state index < -0.39 is 5.82 Å². The molecule has 0 aliphatic heterocycles. The van der Waals surface area contributed by atoms with Gasteiger partial charge in [-0.05, 0) is 47.9 Å². The summed E-state index contributed by atoms with van der Waals surface area (Å²) in [5, 5.41) is 20.2. The van der Waals surface area contributed by atoms with Gasteiger partial charge in [-0.1, -0.05) is 13.8 Å². The average molecular weight is 523 g/mol. The van der Waals surface area contributed by atoms with Crippen molar-refractivity contribution in [1.29, 1.82) is 0 Å². The number of rotatable bonds is 6. The van der Waals surface area contributed by atoms with Crippen LogP contribution in [0.4, 0.5) is 10.1 Å². The van der Waals surface area contributed by atoms with E-state index in [0.717, 1.165) is 11.6 Å². The molecule has 10 nitrogen and oxygen atoms in total. The number of pyridine rings is 3. The van der Waals surface area contributed by atoms with Gasteiger partial charge in [0.05, 0.1) is 28.6 Å². The number of nitrogens with zero attached hydrogens (tertiary/aromatic N) is 5. The van der Waals surface area contributed by atoms with Crippen LogP contribution in [0.1, 0.15) is 20.3 Å². The molecule has 1 aromatic carbocycles. The second kappa shape index (κ2) is 9.60. The summed E-state index contributed by atoms with van der Waals surface area (Å²) in [6, 6.07) is 11.1. The first-order chi connectivity index (χ1) is 18.8. The van der Waals surface area contributed by atoms with Gasteiger partial charge in [0.1, 0.15) is 17.1 Å². The molecular formula is C28H23FN8O2. The molecule has 0 spiro atoms. The van der Waals surface area contributed by atoms with Crippen molar-refractivity contribution in [2.45, 2.75) is 20.3 Å². The van der Waals surface area contributed by atoms with Gasteiger partial charge in [-0.15, -0.1) is 0 Å². The summed E-state index contributed by atoms with van der Waals surface area (Å²) in [6.45, 7) is 3.97. The van der Waals surface area contributed by atoms with Gasteiger partial charge in [-0.25, -0.2) is 19.3 Å². The van der Waals surface area contributed by atoms with Crippen LogP contribution >= 0.6 is 0 Å². The number of carbonyl (C=O) groups is 1. The van der Waals surface area contributed by atoms with Gasteiger partial charge in [-0.3, -0.25) is 14.9 Å². The molecular weight excluding hydrogens is 499 g/mol. The largest absolute Gasteiger partial charge is 0.508 e. The molecule has 0 atom stereocenters. The van der Waals surface area contributed by atoms with E-state index >= 15 is 0 Å². The second-order valence-electron chi connectivity index (χ2n) is 9.61. The number of phenolic OH excluding ortho intramolecular Hbond substituents is 1. The zero-order chi connectivity index (χ0) is 27.1. The van der Waals surface area contributed by atoms with Crippen molar-refractivity contribution >= 4 is 33.8 Å². The number of anilines is 1. The number of amides is 1. The molecule has 0 saturated heterocycles. The Morgan fingerprint density at radius 3 is 2.77 bits per heavy atom. The van der Waals surface area contributed by atoms with E-state index in [1.165, 1.54) is 12.1 Å². The molecule has 0 radical (unpaired) electrons. The van der Waals surface area contributed by atoms with Crippen LogP contribution in [0, 0.1) is 11.7 Å². The van der Waals surface area contributed by atoms with E-state index in [4.69, 9.17) is 4.98 Å². The maximum Gasteiger partial charge on any atom is 0.224 e. The lowest BCUT2D eigenvalue weighted by Gasteiger charge is -2.08. The molecule has 0 unspecified atom stereocenters. The van der Waals surface area contributed by atoms with Crippen LogP contribution in [0.3, 0.4) is 0 Å². The first kappa shape index (κ1) is 24.2. The van der Waals surface area contributed by atoms with Gasteiger partial charge < -0.3 is 15.4 Å². The molecule has 39 heavy (non-hydrogen) atoms. The number of hydrogen-bond donors (Lipinski definition) is 4. The maximum atomic E-state index is 14.0. The molecule has 0 fully saturated rings. The summed E-state index contributed by atoms with van der Waals surface area (Å²) in [6.07, 6.45) is 5.27. The van der Waals surface area contributed by atoms with E-state index in [1.54, 1.807) is 24.7 Å². The van der Waals surface area contributed by atoms with Crippen molar-refractivity contribution in [3.8, 4) is 39.7 Å². The van der Waals surface area contributed by atoms with Crippen molar-refractivity contribution in [2.75, 3.05) is 5.32 Å². The Kier molecular flexibility index (Phi) is 5.95. The summed E-state index contributed by atoms with van der Waals surface area (Å²) < 4.78 is 14.0. The molecule has 5 heterocycles. The van der Waals surface area contributed by atoms with Gasteiger partial charge in [0.2, 0.25) is 5.91 Å². The lowest BCUT2D eigenvalue weighted by Crippen LogP contribution is -2.14. The standard InChI is InChI=1S/C28H23FN8O2/c1-14(2)7-23(39)32-18-9-16(12-30-13-18)21-3-4-22-25(33-21)26(37-36-22)28-34-24-20(5-6-31-27(24)35-28)15-8-17(29)11-19(38)10-15/h3-6,8-14,38H,7H2,1-2H3,(H,32,39)(H,36,37)(H,31,34,35). The fraction of sp³-hybridized carbons (Fsp3) is 0.143. The van der Waals surface area contributed by atoms with Crippen molar-refractivity contribution in [2.24, 2.45) is 5.92 Å². The number of imidazole rings is 1. The van der Waals surface area contributed by atoms with E-state index in [-0.39, 0.29) is 17.6 Å². The number of fused-ring (bicyclic) bond motifs is 2. The number of hydrogen-bond acceptors (Lipinski definition) is 7. The second-order valence-corrected chi connectivity index (χ2v) is 9.61. The highest BCUT2D eigenvalue weighted by molar-refractivity contribution is 5.95. The number of halogens is 1. The summed E-state index contributed by atoms with van der Waals surface area (Å²) in [5.41, 5.74) is 5.80. The lowest BCUT2D eigenvalue weighted by atomic mass is 10.1. The maximum absolute atomic E-state index is 14.0. The van der Waals surface area contributed by atoms with Crippen LogP contribution in [0.5, 0.6) is 5.75 Å². The van der Waals surface area contributed by atoms with Crippen LogP contribution in [-0.2, 0) is 4.79 Å². The number of aromatic amines is 2. The lowest BCUT2D eigenvalue weighted by molar-refractivity contribution is -0.116. The number of aromatic nitrogens is 7. The zero-order valence-electron chi connectivity index (χ0n) is 21.0. The molecule has 0 saturated carbocycles. The highest BCUT2D eigenvalue weighted by Crippen LogP contribution is 2.32. The Bertz CT molecular complexity index is 1840. The minimum absolute atomic E-state index is 0.0733. The summed E-state index contributed by atoms with van der Waals surface area (Å²) in [4.78, 5) is 33.5. The van der Waals surface area contributed by atoms with Crippen LogP contribution < -0.4 is 5.32 Å². The van der Waals surface area contributed by atoms with E-state index in [0.29, 0.717) is 62.6 Å². The highest BCUT2D eigenvalue weighted by Gasteiger charge is 2.18. The van der Waals surface area contributed by atoms with E-state index in [2.05, 4.69) is 35.5 Å². The summed E-state index contributed by atoms with van der Waals surface area (Å²) in [7, 11) is 0. The SMILES string of the molecule is CC(C)CC(=O)Nc1cncc(-c2ccc3[nH]nc(-c4nc5nccc(-c6cc(O)cc(F)c6)c5[nH]4)c3n2)c1. The first-order valence-corrected chi connectivity index (χ1v) is 12.3. The van der Waals surface area contributed by atoms with Crippen LogP contribution in [0.15, 0.2) is 61.1 Å². The predicted molar refractivity (Wildman–Crippen MR) is 145 cm³/mol. The number of H-pyrrole nitrogens is 2. The number of phenols is 1. The van der Waals surface area contributed by atoms with E-state index in [1.807, 2.05) is 32.0 Å². The number of benzene rings is 1. The fourth-order valence-electron chi connectivity index (χ4n) is 4.45. The van der Waals surface area contributed by atoms with Crippen LogP contribution in [0.2, 0.25) is 0 Å². The van der Waals surface area contributed by atoms with E-state index in [9.17, 15) is 14.3 Å². The van der Waals surface area contributed by atoms with Gasteiger partial charge in [0.25, 0.3) is 0 Å². The third kappa shape index (κ3) is 4.77. The summed E-state index contributed by atoms with van der Waals surface area (Å²) in [5.74, 6) is -0.133. The average Bonchev–Trinajstić information content (AvgIpc) is 3.51. The minimum Gasteiger partial charge on any atom is -0.508 e. The molecule has 1 amide bonds. The minimum atomic E-state index is -0.553. The first-order valence-electron chi connectivity index (χ1n) is 12.3. The number of nitrogens with one attached hydrogen (secondary N) is 3. The topological polar surface area (TPSA) is 145 Å². The fourth-order valence-corrected chi connectivity index (χ4v) is 4.45. The predicted octanol–water partition coefficient (Wildman–Crippen LogP) is 5.45. The molecule has 0 bridgehead atoms. The molecule has 0 aliphatic carbocycles. The Morgan fingerprint density at radius 1 is 1.08 bits per heavy atom.